The lowest BCUT2D eigenvalue weighted by Crippen LogP contribution is -2.41. The number of nitrogens with one attached hydrogen (secondary N) is 2. The molecule has 0 spiro atoms. The van der Waals surface area contributed by atoms with Crippen LogP contribution in [0.1, 0.15) is 16.7 Å². The summed E-state index contributed by atoms with van der Waals surface area (Å²) < 4.78 is 10.4. The Morgan fingerprint density at radius 3 is 2.71 bits per heavy atom. The van der Waals surface area contributed by atoms with E-state index in [2.05, 4.69) is 10.6 Å². The van der Waals surface area contributed by atoms with Gasteiger partial charge in [-0.3, -0.25) is 9.59 Å². The van der Waals surface area contributed by atoms with Crippen LogP contribution in [-0.4, -0.2) is 25.5 Å². The van der Waals surface area contributed by atoms with Crippen LogP contribution in [0.15, 0.2) is 40.3 Å². The lowest BCUT2D eigenvalue weighted by molar-refractivity contribution is -0.139. The number of furan rings is 1. The van der Waals surface area contributed by atoms with E-state index >= 15 is 0 Å². The normalized spacial score (nSPS) is 11.9. The first-order chi connectivity index (χ1) is 10.2. The van der Waals surface area contributed by atoms with E-state index in [0.717, 1.165) is 4.88 Å². The Labute approximate surface area is 126 Å². The van der Waals surface area contributed by atoms with Gasteiger partial charge in [0.05, 0.1) is 19.4 Å². The SMILES string of the molecule is COC(CNC(=O)C(=O)NCc1cccs1)c1ccco1. The van der Waals surface area contributed by atoms with Gasteiger partial charge in [-0.2, -0.15) is 0 Å². The fraction of sp³-hybridized carbons (Fsp3) is 0.286. The number of methoxy groups -OCH3 is 1. The lowest BCUT2D eigenvalue weighted by atomic mass is 10.2. The molecule has 0 aliphatic heterocycles. The molecule has 0 saturated carbocycles. The van der Waals surface area contributed by atoms with Crippen LogP contribution in [0.3, 0.4) is 0 Å². The molecule has 0 bridgehead atoms. The highest BCUT2D eigenvalue weighted by Crippen LogP contribution is 2.15. The Balaban J connectivity index is 1.76. The van der Waals surface area contributed by atoms with Gasteiger partial charge in [-0.05, 0) is 23.6 Å². The maximum atomic E-state index is 11.7. The summed E-state index contributed by atoms with van der Waals surface area (Å²) in [6.07, 6.45) is 1.10. The first-order valence-electron chi connectivity index (χ1n) is 6.35. The third-order valence-corrected chi connectivity index (χ3v) is 3.68. The number of rotatable bonds is 6. The summed E-state index contributed by atoms with van der Waals surface area (Å²) in [5.41, 5.74) is 0. The zero-order chi connectivity index (χ0) is 15.1. The van der Waals surface area contributed by atoms with Crippen molar-refractivity contribution in [1.82, 2.24) is 10.6 Å². The Hall–Kier alpha value is -2.12. The van der Waals surface area contributed by atoms with E-state index < -0.39 is 17.9 Å². The van der Waals surface area contributed by atoms with E-state index in [0.29, 0.717) is 12.3 Å². The Morgan fingerprint density at radius 2 is 2.10 bits per heavy atom. The molecule has 0 saturated heterocycles. The summed E-state index contributed by atoms with van der Waals surface area (Å²) in [4.78, 5) is 24.3. The van der Waals surface area contributed by atoms with Crippen molar-refractivity contribution in [3.8, 4) is 0 Å². The second kappa shape index (κ2) is 7.61. The molecule has 6 nitrogen and oxygen atoms in total. The van der Waals surface area contributed by atoms with Gasteiger partial charge in [-0.25, -0.2) is 0 Å². The molecule has 2 aromatic rings. The van der Waals surface area contributed by atoms with Crippen molar-refractivity contribution in [2.24, 2.45) is 0 Å². The van der Waals surface area contributed by atoms with E-state index in [1.807, 2.05) is 17.5 Å². The summed E-state index contributed by atoms with van der Waals surface area (Å²) in [6, 6.07) is 7.26. The quantitative estimate of drug-likeness (QED) is 0.792. The molecule has 2 amide bonds. The van der Waals surface area contributed by atoms with Crippen LogP contribution in [0.25, 0.3) is 0 Å². The third-order valence-electron chi connectivity index (χ3n) is 2.80. The number of amides is 2. The van der Waals surface area contributed by atoms with E-state index in [1.54, 1.807) is 12.1 Å². The van der Waals surface area contributed by atoms with Gasteiger partial charge < -0.3 is 19.8 Å². The molecule has 21 heavy (non-hydrogen) atoms. The molecule has 0 aliphatic rings. The lowest BCUT2D eigenvalue weighted by Gasteiger charge is -2.13. The van der Waals surface area contributed by atoms with Crippen molar-refractivity contribution in [2.75, 3.05) is 13.7 Å². The molecule has 1 atom stereocenters. The van der Waals surface area contributed by atoms with Crippen LogP contribution in [0, 0.1) is 0 Å². The molecule has 2 heterocycles. The summed E-state index contributed by atoms with van der Waals surface area (Å²) in [7, 11) is 1.51. The summed E-state index contributed by atoms with van der Waals surface area (Å²) >= 11 is 1.52. The molecule has 0 aromatic carbocycles. The van der Waals surface area contributed by atoms with Gasteiger partial charge >= 0.3 is 11.8 Å². The van der Waals surface area contributed by atoms with Gasteiger partial charge in [0, 0.05) is 12.0 Å². The second-order valence-corrected chi connectivity index (χ2v) is 5.24. The minimum Gasteiger partial charge on any atom is -0.467 e. The van der Waals surface area contributed by atoms with Crippen molar-refractivity contribution in [3.63, 3.8) is 0 Å². The van der Waals surface area contributed by atoms with Crippen LogP contribution < -0.4 is 10.6 Å². The molecular weight excluding hydrogens is 292 g/mol. The monoisotopic (exact) mass is 308 g/mol. The first kappa shape index (κ1) is 15.3. The highest BCUT2D eigenvalue weighted by molar-refractivity contribution is 7.09. The maximum Gasteiger partial charge on any atom is 0.309 e. The molecule has 0 radical (unpaired) electrons. The fourth-order valence-corrected chi connectivity index (χ4v) is 2.35. The smallest absolute Gasteiger partial charge is 0.309 e. The number of hydrogen-bond acceptors (Lipinski definition) is 5. The van der Waals surface area contributed by atoms with Gasteiger partial charge in [0.2, 0.25) is 0 Å². The zero-order valence-electron chi connectivity index (χ0n) is 11.5. The van der Waals surface area contributed by atoms with Gasteiger partial charge in [0.15, 0.2) is 0 Å². The van der Waals surface area contributed by atoms with Gasteiger partial charge in [-0.15, -0.1) is 11.3 Å². The Morgan fingerprint density at radius 1 is 1.29 bits per heavy atom. The van der Waals surface area contributed by atoms with Crippen LogP contribution in [-0.2, 0) is 20.9 Å². The van der Waals surface area contributed by atoms with Crippen molar-refractivity contribution in [1.29, 1.82) is 0 Å². The Bertz CT molecular complexity index is 566. The highest BCUT2D eigenvalue weighted by atomic mass is 32.1. The second-order valence-electron chi connectivity index (χ2n) is 4.21. The van der Waals surface area contributed by atoms with Crippen LogP contribution in [0.5, 0.6) is 0 Å². The molecule has 2 N–H and O–H groups in total. The molecule has 2 aromatic heterocycles. The Kier molecular flexibility index (Phi) is 5.53. The minimum atomic E-state index is -0.694. The third kappa shape index (κ3) is 4.44. The van der Waals surface area contributed by atoms with Crippen LogP contribution in [0.2, 0.25) is 0 Å². The minimum absolute atomic E-state index is 0.162. The van der Waals surface area contributed by atoms with E-state index in [-0.39, 0.29) is 6.54 Å². The predicted octanol–water partition coefficient (Wildman–Crippen LogP) is 1.46. The summed E-state index contributed by atoms with van der Waals surface area (Å²) in [5, 5.41) is 6.99. The van der Waals surface area contributed by atoms with E-state index in [4.69, 9.17) is 9.15 Å². The van der Waals surface area contributed by atoms with E-state index in [1.165, 1.54) is 24.7 Å². The molecule has 2 rings (SSSR count). The summed E-state index contributed by atoms with van der Waals surface area (Å²) in [5.74, 6) is -0.769. The zero-order valence-corrected chi connectivity index (χ0v) is 12.3. The highest BCUT2D eigenvalue weighted by Gasteiger charge is 2.18. The maximum absolute atomic E-state index is 11.7. The average molecular weight is 308 g/mol. The molecule has 7 heteroatoms. The van der Waals surface area contributed by atoms with Crippen molar-refractivity contribution >= 4 is 23.2 Å². The van der Waals surface area contributed by atoms with Crippen LogP contribution in [0.4, 0.5) is 0 Å². The summed E-state index contributed by atoms with van der Waals surface area (Å²) in [6.45, 7) is 0.505. The standard InChI is InChI=1S/C14H16N2O4S/c1-19-12(11-5-2-6-20-11)9-16-14(18)13(17)15-8-10-4-3-7-21-10/h2-7,12H,8-9H2,1H3,(H,15,17)(H,16,18). The van der Waals surface area contributed by atoms with Crippen molar-refractivity contribution in [3.05, 3.63) is 46.5 Å². The van der Waals surface area contributed by atoms with Gasteiger partial charge in [0.25, 0.3) is 0 Å². The largest absolute Gasteiger partial charge is 0.467 e. The number of carbonyl (C=O) groups is 2. The van der Waals surface area contributed by atoms with Gasteiger partial charge in [-0.1, -0.05) is 6.07 Å². The number of hydrogen-bond donors (Lipinski definition) is 2. The van der Waals surface area contributed by atoms with Gasteiger partial charge in [0.1, 0.15) is 11.9 Å². The first-order valence-corrected chi connectivity index (χ1v) is 7.23. The topological polar surface area (TPSA) is 80.6 Å². The number of thiophene rings is 1. The predicted molar refractivity (Wildman–Crippen MR) is 77.6 cm³/mol. The molecule has 0 aliphatic carbocycles. The molecule has 0 fully saturated rings. The number of carbonyl (C=O) groups excluding carboxylic acids is 2. The van der Waals surface area contributed by atoms with Crippen molar-refractivity contribution < 1.29 is 18.7 Å². The number of ether oxygens (including phenoxy) is 1. The molecular formula is C14H16N2O4S. The fourth-order valence-electron chi connectivity index (χ4n) is 1.70. The van der Waals surface area contributed by atoms with Crippen molar-refractivity contribution in [2.45, 2.75) is 12.6 Å². The molecule has 1 unspecified atom stereocenters. The average Bonchev–Trinajstić information content (AvgIpc) is 3.18. The van der Waals surface area contributed by atoms with E-state index in [9.17, 15) is 9.59 Å². The van der Waals surface area contributed by atoms with Crippen LogP contribution >= 0.6 is 11.3 Å². The molecule has 112 valence electrons.